The van der Waals surface area contributed by atoms with Crippen molar-refractivity contribution < 1.29 is 13.9 Å². The van der Waals surface area contributed by atoms with Gasteiger partial charge in [-0.3, -0.25) is 0 Å². The van der Waals surface area contributed by atoms with Crippen LogP contribution in [0, 0.1) is 5.82 Å². The van der Waals surface area contributed by atoms with E-state index in [-0.39, 0.29) is 11.9 Å². The molecule has 0 fully saturated rings. The molecular weight excluding hydrogens is 269 g/mol. The fourth-order valence-corrected chi connectivity index (χ4v) is 2.42. The maximum absolute atomic E-state index is 13.1. The van der Waals surface area contributed by atoms with Gasteiger partial charge in [0, 0.05) is 25.1 Å². The number of para-hydroxylation sites is 1. The molecule has 0 bridgehead atoms. The van der Waals surface area contributed by atoms with Crippen LogP contribution < -0.4 is 14.8 Å². The number of hydrogen-bond donors (Lipinski definition) is 1. The predicted octanol–water partition coefficient (Wildman–Crippen LogP) is 2.80. The molecule has 0 aliphatic carbocycles. The SMILES string of the molecule is Fc1ccc2c(c1)CC(CNCCOc1ccccc1)O2. The molecule has 1 N–H and O–H groups in total. The highest BCUT2D eigenvalue weighted by atomic mass is 19.1. The number of fused-ring (bicyclic) bond motifs is 1. The summed E-state index contributed by atoms with van der Waals surface area (Å²) in [6, 6.07) is 14.4. The lowest BCUT2D eigenvalue weighted by Gasteiger charge is -2.12. The van der Waals surface area contributed by atoms with Crippen LogP contribution in [-0.4, -0.2) is 25.8 Å². The molecule has 1 heterocycles. The molecule has 4 heteroatoms. The van der Waals surface area contributed by atoms with Gasteiger partial charge in [0.2, 0.25) is 0 Å². The molecule has 0 aromatic heterocycles. The van der Waals surface area contributed by atoms with Crippen molar-refractivity contribution in [2.45, 2.75) is 12.5 Å². The largest absolute Gasteiger partial charge is 0.492 e. The van der Waals surface area contributed by atoms with Crippen LogP contribution in [0.1, 0.15) is 5.56 Å². The maximum Gasteiger partial charge on any atom is 0.123 e. The van der Waals surface area contributed by atoms with Crippen LogP contribution in [0.3, 0.4) is 0 Å². The second-order valence-corrected chi connectivity index (χ2v) is 5.06. The lowest BCUT2D eigenvalue weighted by atomic mass is 10.1. The number of benzene rings is 2. The van der Waals surface area contributed by atoms with Gasteiger partial charge in [-0.15, -0.1) is 0 Å². The van der Waals surface area contributed by atoms with Gasteiger partial charge in [-0.1, -0.05) is 18.2 Å². The van der Waals surface area contributed by atoms with E-state index in [1.807, 2.05) is 30.3 Å². The first kappa shape index (κ1) is 13.9. The molecule has 0 saturated carbocycles. The van der Waals surface area contributed by atoms with Crippen LogP contribution in [0.2, 0.25) is 0 Å². The Labute approximate surface area is 123 Å². The molecule has 3 rings (SSSR count). The number of rotatable bonds is 6. The van der Waals surface area contributed by atoms with E-state index in [0.29, 0.717) is 6.61 Å². The molecule has 2 aromatic carbocycles. The average molecular weight is 287 g/mol. The normalized spacial score (nSPS) is 16.3. The molecule has 1 aliphatic rings. The third kappa shape index (κ3) is 3.73. The molecule has 1 aliphatic heterocycles. The summed E-state index contributed by atoms with van der Waals surface area (Å²) < 4.78 is 24.5. The van der Waals surface area contributed by atoms with Crippen LogP contribution in [-0.2, 0) is 6.42 Å². The Hall–Kier alpha value is -2.07. The van der Waals surface area contributed by atoms with Crippen molar-refractivity contribution in [2.75, 3.05) is 19.7 Å². The van der Waals surface area contributed by atoms with Gasteiger partial charge >= 0.3 is 0 Å². The zero-order chi connectivity index (χ0) is 14.5. The Bertz CT molecular complexity index is 589. The highest BCUT2D eigenvalue weighted by Gasteiger charge is 2.22. The zero-order valence-electron chi connectivity index (χ0n) is 11.7. The van der Waals surface area contributed by atoms with Crippen molar-refractivity contribution in [1.82, 2.24) is 5.32 Å². The number of ether oxygens (including phenoxy) is 2. The third-order valence-corrected chi connectivity index (χ3v) is 3.43. The van der Waals surface area contributed by atoms with Crippen molar-refractivity contribution in [1.29, 1.82) is 0 Å². The monoisotopic (exact) mass is 287 g/mol. The van der Waals surface area contributed by atoms with Gasteiger partial charge in [0.25, 0.3) is 0 Å². The summed E-state index contributed by atoms with van der Waals surface area (Å²) in [7, 11) is 0. The maximum atomic E-state index is 13.1. The topological polar surface area (TPSA) is 30.5 Å². The fraction of sp³-hybridized carbons (Fsp3) is 0.294. The van der Waals surface area contributed by atoms with E-state index in [1.165, 1.54) is 6.07 Å². The van der Waals surface area contributed by atoms with Crippen LogP contribution in [0.15, 0.2) is 48.5 Å². The number of hydrogen-bond acceptors (Lipinski definition) is 3. The van der Waals surface area contributed by atoms with Gasteiger partial charge in [0.1, 0.15) is 30.0 Å². The van der Waals surface area contributed by atoms with Crippen LogP contribution in [0.4, 0.5) is 4.39 Å². The second kappa shape index (κ2) is 6.59. The Morgan fingerprint density at radius 2 is 2.05 bits per heavy atom. The lowest BCUT2D eigenvalue weighted by Crippen LogP contribution is -2.32. The van der Waals surface area contributed by atoms with E-state index in [9.17, 15) is 4.39 Å². The third-order valence-electron chi connectivity index (χ3n) is 3.43. The minimum Gasteiger partial charge on any atom is -0.492 e. The summed E-state index contributed by atoms with van der Waals surface area (Å²) >= 11 is 0. The average Bonchev–Trinajstić information content (AvgIpc) is 2.90. The van der Waals surface area contributed by atoms with E-state index in [2.05, 4.69) is 5.32 Å². The minimum atomic E-state index is -0.206. The van der Waals surface area contributed by atoms with E-state index in [4.69, 9.17) is 9.47 Å². The van der Waals surface area contributed by atoms with Crippen molar-refractivity contribution in [3.05, 3.63) is 59.9 Å². The summed E-state index contributed by atoms with van der Waals surface area (Å²) in [5, 5.41) is 3.30. The lowest BCUT2D eigenvalue weighted by molar-refractivity contribution is 0.222. The first-order valence-corrected chi connectivity index (χ1v) is 7.15. The first-order chi connectivity index (χ1) is 10.3. The summed E-state index contributed by atoms with van der Waals surface area (Å²) in [6.45, 7) is 2.09. The van der Waals surface area contributed by atoms with E-state index >= 15 is 0 Å². The van der Waals surface area contributed by atoms with Crippen LogP contribution in [0.25, 0.3) is 0 Å². The predicted molar refractivity (Wildman–Crippen MR) is 79.3 cm³/mol. The molecule has 1 unspecified atom stereocenters. The number of halogens is 1. The van der Waals surface area contributed by atoms with Crippen molar-refractivity contribution in [2.24, 2.45) is 0 Å². The highest BCUT2D eigenvalue weighted by Crippen LogP contribution is 2.28. The van der Waals surface area contributed by atoms with Crippen LogP contribution in [0.5, 0.6) is 11.5 Å². The van der Waals surface area contributed by atoms with Gasteiger partial charge in [-0.25, -0.2) is 4.39 Å². The van der Waals surface area contributed by atoms with Crippen molar-refractivity contribution in [3.63, 3.8) is 0 Å². The second-order valence-electron chi connectivity index (χ2n) is 5.06. The van der Waals surface area contributed by atoms with Crippen molar-refractivity contribution in [3.8, 4) is 11.5 Å². The molecule has 2 aromatic rings. The van der Waals surface area contributed by atoms with E-state index in [0.717, 1.165) is 36.6 Å². The summed E-state index contributed by atoms with van der Waals surface area (Å²) in [4.78, 5) is 0. The Morgan fingerprint density at radius 1 is 1.19 bits per heavy atom. The Morgan fingerprint density at radius 3 is 2.90 bits per heavy atom. The van der Waals surface area contributed by atoms with Crippen LogP contribution >= 0.6 is 0 Å². The summed E-state index contributed by atoms with van der Waals surface area (Å²) in [5.41, 5.74) is 0.947. The van der Waals surface area contributed by atoms with Crippen molar-refractivity contribution >= 4 is 0 Å². The Balaban J connectivity index is 1.36. The zero-order valence-corrected chi connectivity index (χ0v) is 11.7. The number of nitrogens with one attached hydrogen (secondary N) is 1. The molecule has 110 valence electrons. The molecule has 1 atom stereocenters. The molecule has 0 radical (unpaired) electrons. The molecule has 0 saturated heterocycles. The van der Waals surface area contributed by atoms with Gasteiger partial charge < -0.3 is 14.8 Å². The Kier molecular flexibility index (Phi) is 4.36. The molecular formula is C17H18FNO2. The minimum absolute atomic E-state index is 0.0681. The standard InChI is InChI=1S/C17H18FNO2/c18-14-6-7-17-13(10-14)11-16(21-17)12-19-8-9-20-15-4-2-1-3-5-15/h1-7,10,16,19H,8-9,11-12H2. The first-order valence-electron chi connectivity index (χ1n) is 7.15. The fourth-order valence-electron chi connectivity index (χ4n) is 2.42. The summed E-state index contributed by atoms with van der Waals surface area (Å²) in [5.74, 6) is 1.46. The van der Waals surface area contributed by atoms with Gasteiger partial charge in [-0.05, 0) is 30.3 Å². The smallest absolute Gasteiger partial charge is 0.123 e. The molecule has 3 nitrogen and oxygen atoms in total. The molecule has 21 heavy (non-hydrogen) atoms. The van der Waals surface area contributed by atoms with Gasteiger partial charge in [-0.2, -0.15) is 0 Å². The molecule has 0 spiro atoms. The van der Waals surface area contributed by atoms with E-state index < -0.39 is 0 Å². The highest BCUT2D eigenvalue weighted by molar-refractivity contribution is 5.37. The molecule has 0 amide bonds. The summed E-state index contributed by atoms with van der Waals surface area (Å²) in [6.07, 6.45) is 0.818. The quantitative estimate of drug-likeness (QED) is 0.829. The van der Waals surface area contributed by atoms with E-state index in [1.54, 1.807) is 12.1 Å². The van der Waals surface area contributed by atoms with Gasteiger partial charge in [0.05, 0.1) is 0 Å². The van der Waals surface area contributed by atoms with Gasteiger partial charge in [0.15, 0.2) is 0 Å².